The first-order chi connectivity index (χ1) is 13.3. The van der Waals surface area contributed by atoms with Gasteiger partial charge in [0.05, 0.1) is 12.1 Å². The number of hydrogen-bond acceptors (Lipinski definition) is 8. The second kappa shape index (κ2) is 10.3. The average molecular weight is 431 g/mol. The van der Waals surface area contributed by atoms with Gasteiger partial charge in [-0.1, -0.05) is 51.1 Å². The zero-order valence-electron chi connectivity index (χ0n) is 16.8. The SMILES string of the molecule is CC(C)C[C@@H](N)C(=O)C(O)(C(N)C(C)CC(=O)OCc1ccccc1)S(=O)(=O)O. The van der Waals surface area contributed by atoms with Gasteiger partial charge in [-0.3, -0.25) is 14.1 Å². The highest BCUT2D eigenvalue weighted by Crippen LogP contribution is 2.27. The molecule has 0 bridgehead atoms. The van der Waals surface area contributed by atoms with Gasteiger partial charge in [0, 0.05) is 6.42 Å². The van der Waals surface area contributed by atoms with E-state index in [-0.39, 0.29) is 25.4 Å². The van der Waals surface area contributed by atoms with E-state index in [4.69, 9.17) is 16.2 Å². The van der Waals surface area contributed by atoms with Gasteiger partial charge in [-0.25, -0.2) is 0 Å². The van der Waals surface area contributed by atoms with Gasteiger partial charge in [0.25, 0.3) is 4.93 Å². The molecule has 6 N–H and O–H groups in total. The Hall–Kier alpha value is -1.85. The number of benzene rings is 1. The van der Waals surface area contributed by atoms with Crippen LogP contribution in [0, 0.1) is 11.8 Å². The fraction of sp³-hybridized carbons (Fsp3) is 0.579. The first-order valence-corrected chi connectivity index (χ1v) is 10.7. The number of ketones is 1. The highest BCUT2D eigenvalue weighted by Gasteiger charge is 2.56. The minimum atomic E-state index is -5.33. The lowest BCUT2D eigenvalue weighted by Crippen LogP contribution is -2.65. The van der Waals surface area contributed by atoms with E-state index in [1.807, 2.05) is 6.07 Å². The Balaban J connectivity index is 2.91. The van der Waals surface area contributed by atoms with Crippen molar-refractivity contribution in [2.45, 2.75) is 57.2 Å². The Bertz CT molecular complexity index is 798. The van der Waals surface area contributed by atoms with Crippen molar-refractivity contribution < 1.29 is 32.4 Å². The third-order valence-electron chi connectivity index (χ3n) is 4.60. The van der Waals surface area contributed by atoms with Crippen LogP contribution in [0.2, 0.25) is 0 Å². The number of Topliss-reactive ketones (excluding diaryl/α,β-unsaturated/α-hetero) is 1. The normalized spacial score (nSPS) is 17.2. The highest BCUT2D eigenvalue weighted by atomic mass is 32.2. The molecule has 164 valence electrons. The quantitative estimate of drug-likeness (QED) is 0.290. The number of rotatable bonds is 11. The summed E-state index contributed by atoms with van der Waals surface area (Å²) in [6, 6.07) is 5.73. The van der Waals surface area contributed by atoms with E-state index >= 15 is 0 Å². The van der Waals surface area contributed by atoms with Gasteiger partial charge in [-0.15, -0.1) is 0 Å². The van der Waals surface area contributed by atoms with Gasteiger partial charge in [0.2, 0.25) is 5.78 Å². The third-order valence-corrected chi connectivity index (χ3v) is 5.86. The molecule has 0 aliphatic heterocycles. The van der Waals surface area contributed by atoms with Crippen molar-refractivity contribution in [2.24, 2.45) is 23.3 Å². The molecule has 0 aromatic heterocycles. The van der Waals surface area contributed by atoms with Crippen LogP contribution in [0.1, 0.15) is 39.2 Å². The zero-order valence-corrected chi connectivity index (χ0v) is 17.6. The minimum absolute atomic E-state index is 0.00237. The van der Waals surface area contributed by atoms with Gasteiger partial charge in [0.15, 0.2) is 0 Å². The molecule has 0 saturated carbocycles. The van der Waals surface area contributed by atoms with Crippen LogP contribution in [0.5, 0.6) is 0 Å². The summed E-state index contributed by atoms with van der Waals surface area (Å²) in [7, 11) is -5.33. The summed E-state index contributed by atoms with van der Waals surface area (Å²) in [5.74, 6) is -3.10. The summed E-state index contributed by atoms with van der Waals surface area (Å²) < 4.78 is 38.4. The highest BCUT2D eigenvalue weighted by molar-refractivity contribution is 7.88. The molecule has 0 radical (unpaired) electrons. The number of ether oxygens (including phenoxy) is 1. The van der Waals surface area contributed by atoms with Gasteiger partial charge in [-0.05, 0) is 23.8 Å². The van der Waals surface area contributed by atoms with Crippen LogP contribution in [-0.4, -0.2) is 46.8 Å². The average Bonchev–Trinajstić information content (AvgIpc) is 2.63. The largest absolute Gasteiger partial charge is 0.461 e. The van der Waals surface area contributed by atoms with E-state index in [2.05, 4.69) is 0 Å². The van der Waals surface area contributed by atoms with E-state index in [9.17, 15) is 27.7 Å². The van der Waals surface area contributed by atoms with Crippen LogP contribution in [0.25, 0.3) is 0 Å². The van der Waals surface area contributed by atoms with Crippen LogP contribution >= 0.6 is 0 Å². The maximum Gasteiger partial charge on any atom is 0.306 e. The maximum absolute atomic E-state index is 12.6. The van der Waals surface area contributed by atoms with Crippen LogP contribution in [0.3, 0.4) is 0 Å². The molecule has 0 aliphatic rings. The fourth-order valence-corrected chi connectivity index (χ4v) is 3.90. The Labute approximate surface area is 171 Å². The Kier molecular flexibility index (Phi) is 8.91. The number of hydrogen-bond donors (Lipinski definition) is 4. The monoisotopic (exact) mass is 430 g/mol. The molecule has 10 heteroatoms. The maximum atomic E-state index is 12.6. The number of esters is 1. The van der Waals surface area contributed by atoms with Crippen LogP contribution in [-0.2, 0) is 31.1 Å². The lowest BCUT2D eigenvalue weighted by molar-refractivity contribution is -0.147. The fourth-order valence-electron chi connectivity index (χ4n) is 2.92. The molecule has 3 unspecified atom stereocenters. The van der Waals surface area contributed by atoms with Crippen molar-refractivity contribution in [2.75, 3.05) is 0 Å². The Morgan fingerprint density at radius 3 is 2.17 bits per heavy atom. The molecule has 1 aromatic rings. The van der Waals surface area contributed by atoms with Gasteiger partial charge < -0.3 is 21.3 Å². The smallest absolute Gasteiger partial charge is 0.306 e. The summed E-state index contributed by atoms with van der Waals surface area (Å²) >= 11 is 0. The molecular formula is C19H30N2O7S. The van der Waals surface area contributed by atoms with Gasteiger partial charge >= 0.3 is 16.1 Å². The summed E-state index contributed by atoms with van der Waals surface area (Å²) in [6.07, 6.45) is -0.296. The molecule has 0 spiro atoms. The van der Waals surface area contributed by atoms with Crippen LogP contribution in [0.4, 0.5) is 0 Å². The topological polar surface area (TPSA) is 170 Å². The number of aliphatic hydroxyl groups is 1. The van der Waals surface area contributed by atoms with Crippen molar-refractivity contribution in [3.8, 4) is 0 Å². The van der Waals surface area contributed by atoms with E-state index in [0.717, 1.165) is 5.56 Å². The predicted octanol–water partition coefficient (Wildman–Crippen LogP) is 0.602. The summed E-state index contributed by atoms with van der Waals surface area (Å²) in [6.45, 7) is 4.88. The standard InChI is InChI=1S/C19H30N2O7S/c1-12(2)9-15(20)18(23)19(24,29(25,26)27)17(21)13(3)10-16(22)28-11-14-7-5-4-6-8-14/h4-8,12-13,15,17,24H,9-11,20-21H2,1-3H3,(H,25,26,27)/t13?,15-,17?,19?/m1/s1. The molecule has 0 saturated heterocycles. The van der Waals surface area contributed by atoms with Gasteiger partial charge in [-0.2, -0.15) is 8.42 Å². The second-order valence-electron chi connectivity index (χ2n) is 7.63. The van der Waals surface area contributed by atoms with E-state index < -0.39 is 44.8 Å². The third kappa shape index (κ3) is 6.58. The summed E-state index contributed by atoms with van der Waals surface area (Å²) in [5, 5.41) is 10.6. The molecule has 1 rings (SSSR count). The van der Waals surface area contributed by atoms with Gasteiger partial charge in [0.1, 0.15) is 6.61 Å². The number of nitrogens with two attached hydrogens (primary N) is 2. The molecule has 0 aliphatic carbocycles. The lowest BCUT2D eigenvalue weighted by atomic mass is 9.88. The van der Waals surface area contributed by atoms with Crippen molar-refractivity contribution in [3.05, 3.63) is 35.9 Å². The molecular weight excluding hydrogens is 400 g/mol. The molecule has 1 aromatic carbocycles. The minimum Gasteiger partial charge on any atom is -0.461 e. The van der Waals surface area contributed by atoms with Crippen LogP contribution < -0.4 is 11.5 Å². The molecule has 4 atom stereocenters. The number of carbonyl (C=O) groups is 2. The van der Waals surface area contributed by atoms with Crippen molar-refractivity contribution in [1.29, 1.82) is 0 Å². The number of carbonyl (C=O) groups excluding carboxylic acids is 2. The van der Waals surface area contributed by atoms with Crippen molar-refractivity contribution >= 4 is 21.9 Å². The molecule has 29 heavy (non-hydrogen) atoms. The summed E-state index contributed by atoms with van der Waals surface area (Å²) in [4.78, 5) is 21.3. The Morgan fingerprint density at radius 1 is 1.14 bits per heavy atom. The Morgan fingerprint density at radius 2 is 1.69 bits per heavy atom. The second-order valence-corrected chi connectivity index (χ2v) is 9.20. The predicted molar refractivity (Wildman–Crippen MR) is 107 cm³/mol. The molecule has 9 nitrogen and oxygen atoms in total. The van der Waals surface area contributed by atoms with E-state index in [1.165, 1.54) is 6.92 Å². The van der Waals surface area contributed by atoms with Crippen molar-refractivity contribution in [1.82, 2.24) is 0 Å². The molecule has 0 amide bonds. The van der Waals surface area contributed by atoms with Crippen LogP contribution in [0.15, 0.2) is 30.3 Å². The first-order valence-electron chi connectivity index (χ1n) is 9.25. The summed E-state index contributed by atoms with van der Waals surface area (Å²) in [5.41, 5.74) is 12.3. The lowest BCUT2D eigenvalue weighted by Gasteiger charge is -2.34. The van der Waals surface area contributed by atoms with E-state index in [0.29, 0.717) is 0 Å². The zero-order chi connectivity index (χ0) is 22.4. The first kappa shape index (κ1) is 25.2. The van der Waals surface area contributed by atoms with E-state index in [1.54, 1.807) is 38.1 Å². The molecule has 0 fully saturated rings. The van der Waals surface area contributed by atoms with Crippen molar-refractivity contribution in [3.63, 3.8) is 0 Å². The molecule has 0 heterocycles.